The third kappa shape index (κ3) is 5.77. The zero-order valence-corrected chi connectivity index (χ0v) is 11.6. The molecule has 0 aliphatic heterocycles. The summed E-state index contributed by atoms with van der Waals surface area (Å²) in [5.41, 5.74) is 0.622. The molecule has 1 aromatic rings. The third-order valence-electron chi connectivity index (χ3n) is 2.45. The summed E-state index contributed by atoms with van der Waals surface area (Å²) in [5.74, 6) is -1.44. The smallest absolute Gasteiger partial charge is 0.334 e. The van der Waals surface area contributed by atoms with Gasteiger partial charge in [0.1, 0.15) is 0 Å². The molecule has 0 bridgehead atoms. The largest absolute Gasteiger partial charge is 0.479 e. The van der Waals surface area contributed by atoms with E-state index in [-0.39, 0.29) is 11.4 Å². The Morgan fingerprint density at radius 3 is 2.24 bits per heavy atom. The first-order valence-corrected chi connectivity index (χ1v) is 7.29. The van der Waals surface area contributed by atoms with E-state index in [2.05, 4.69) is 10.6 Å². The molecule has 0 heterocycles. The summed E-state index contributed by atoms with van der Waals surface area (Å²) in [7, 11) is -3.76. The highest BCUT2D eigenvalue weighted by molar-refractivity contribution is 7.89. The van der Waals surface area contributed by atoms with Gasteiger partial charge in [0, 0.05) is 6.54 Å². The molecule has 21 heavy (non-hydrogen) atoms. The number of aliphatic hydroxyl groups excluding tert-OH is 1. The van der Waals surface area contributed by atoms with Gasteiger partial charge >= 0.3 is 12.0 Å². The Balaban J connectivity index is 2.45. The molecule has 0 unspecified atom stereocenters. The van der Waals surface area contributed by atoms with Crippen molar-refractivity contribution < 1.29 is 28.2 Å². The summed E-state index contributed by atoms with van der Waals surface area (Å²) < 4.78 is 22.1. The van der Waals surface area contributed by atoms with Crippen LogP contribution in [-0.4, -0.2) is 43.3 Å². The summed E-state index contributed by atoms with van der Waals surface area (Å²) in [6, 6.07) is 4.90. The first-order chi connectivity index (χ1) is 9.70. The lowest BCUT2D eigenvalue weighted by atomic mass is 10.2. The Morgan fingerprint density at radius 2 is 1.76 bits per heavy atom. The molecule has 6 N–H and O–H groups in total. The number of carboxylic acid groups (broad SMARTS) is 1. The van der Waals surface area contributed by atoms with Crippen LogP contribution >= 0.6 is 0 Å². The van der Waals surface area contributed by atoms with Crippen molar-refractivity contribution in [3.63, 3.8) is 0 Å². The number of carboxylic acids is 1. The van der Waals surface area contributed by atoms with Crippen LogP contribution in [-0.2, 0) is 21.4 Å². The Kier molecular flexibility index (Phi) is 5.64. The van der Waals surface area contributed by atoms with Crippen molar-refractivity contribution in [2.45, 2.75) is 17.5 Å². The van der Waals surface area contributed by atoms with E-state index in [1.54, 1.807) is 0 Å². The van der Waals surface area contributed by atoms with Crippen molar-refractivity contribution in [2.75, 3.05) is 6.54 Å². The predicted octanol–water partition coefficient (Wildman–Crippen LogP) is -1.42. The van der Waals surface area contributed by atoms with Gasteiger partial charge in [-0.2, -0.15) is 0 Å². The Labute approximate surface area is 120 Å². The second-order valence-corrected chi connectivity index (χ2v) is 5.67. The highest BCUT2D eigenvalue weighted by Gasteiger charge is 2.13. The van der Waals surface area contributed by atoms with E-state index in [0.29, 0.717) is 5.56 Å². The van der Waals surface area contributed by atoms with Crippen LogP contribution in [0.5, 0.6) is 0 Å². The number of aliphatic hydroxyl groups is 1. The minimum atomic E-state index is -3.76. The van der Waals surface area contributed by atoms with Crippen LogP contribution in [0, 0.1) is 0 Å². The number of carbonyl (C=O) groups excluding carboxylic acids is 1. The second-order valence-electron chi connectivity index (χ2n) is 4.11. The van der Waals surface area contributed by atoms with E-state index in [1.165, 1.54) is 24.3 Å². The van der Waals surface area contributed by atoms with Gasteiger partial charge in [0.05, 0.1) is 11.4 Å². The van der Waals surface area contributed by atoms with Crippen LogP contribution in [0.3, 0.4) is 0 Å². The number of carbonyl (C=O) groups is 2. The number of sulfonamides is 1. The van der Waals surface area contributed by atoms with Crippen molar-refractivity contribution in [3.8, 4) is 0 Å². The number of nitrogens with one attached hydrogen (secondary N) is 2. The summed E-state index contributed by atoms with van der Waals surface area (Å²) in [6.45, 7) is -0.328. The molecular formula is C11H15N3O6S. The molecule has 0 saturated carbocycles. The van der Waals surface area contributed by atoms with Crippen molar-refractivity contribution in [2.24, 2.45) is 5.14 Å². The highest BCUT2D eigenvalue weighted by atomic mass is 32.2. The molecular weight excluding hydrogens is 302 g/mol. The Hall–Kier alpha value is -2.17. The third-order valence-corrected chi connectivity index (χ3v) is 3.38. The molecule has 9 nitrogen and oxygen atoms in total. The van der Waals surface area contributed by atoms with E-state index in [0.717, 1.165) is 0 Å². The molecule has 0 saturated heterocycles. The van der Waals surface area contributed by atoms with E-state index < -0.39 is 34.7 Å². The standard InChI is InChI=1S/C11H15N3O6S/c12-21(19,20)8-3-1-7(2-4-8)5-13-11(18)14-6-9(15)10(16)17/h1-4,9,15H,5-6H2,(H,16,17)(H2,12,19,20)(H2,13,14,18)/t9-/m0/s1. The molecule has 0 fully saturated rings. The van der Waals surface area contributed by atoms with Crippen molar-refractivity contribution in [1.82, 2.24) is 10.6 Å². The minimum absolute atomic E-state index is 0.0414. The SMILES string of the molecule is NS(=O)(=O)c1ccc(CNC(=O)NC[C@H](O)C(=O)O)cc1. The monoisotopic (exact) mass is 317 g/mol. The molecule has 0 aliphatic carbocycles. The maximum absolute atomic E-state index is 11.3. The maximum atomic E-state index is 11.3. The number of rotatable bonds is 6. The quantitative estimate of drug-likeness (QED) is 0.433. The number of hydrogen-bond donors (Lipinski definition) is 5. The number of urea groups is 1. The van der Waals surface area contributed by atoms with E-state index in [9.17, 15) is 18.0 Å². The van der Waals surface area contributed by atoms with E-state index >= 15 is 0 Å². The van der Waals surface area contributed by atoms with Gasteiger partial charge in [-0.1, -0.05) is 12.1 Å². The van der Waals surface area contributed by atoms with Gasteiger partial charge < -0.3 is 20.8 Å². The molecule has 0 aromatic heterocycles. The summed E-state index contributed by atoms with van der Waals surface area (Å²) in [6.07, 6.45) is -1.68. The number of benzene rings is 1. The number of hydrogen-bond acceptors (Lipinski definition) is 5. The average molecular weight is 317 g/mol. The van der Waals surface area contributed by atoms with Crippen LogP contribution in [0.1, 0.15) is 5.56 Å². The lowest BCUT2D eigenvalue weighted by Crippen LogP contribution is -2.41. The molecule has 1 atom stereocenters. The second kappa shape index (κ2) is 7.02. The fraction of sp³-hybridized carbons (Fsp3) is 0.273. The van der Waals surface area contributed by atoms with Crippen LogP contribution in [0.2, 0.25) is 0 Å². The molecule has 1 aromatic carbocycles. The normalized spacial score (nSPS) is 12.5. The minimum Gasteiger partial charge on any atom is -0.479 e. The fourth-order valence-electron chi connectivity index (χ4n) is 1.32. The zero-order valence-electron chi connectivity index (χ0n) is 10.8. The van der Waals surface area contributed by atoms with Gasteiger partial charge in [-0.25, -0.2) is 23.1 Å². The zero-order chi connectivity index (χ0) is 16.0. The predicted molar refractivity (Wildman–Crippen MR) is 71.7 cm³/mol. The number of nitrogens with two attached hydrogens (primary N) is 1. The van der Waals surface area contributed by atoms with Gasteiger partial charge in [-0.05, 0) is 17.7 Å². The summed E-state index contributed by atoms with van der Waals surface area (Å²) in [4.78, 5) is 21.6. The molecule has 0 aliphatic rings. The van der Waals surface area contributed by atoms with Gasteiger partial charge in [-0.3, -0.25) is 0 Å². The van der Waals surface area contributed by atoms with Gasteiger partial charge in [0.25, 0.3) is 0 Å². The van der Waals surface area contributed by atoms with Crippen molar-refractivity contribution >= 4 is 22.0 Å². The maximum Gasteiger partial charge on any atom is 0.334 e. The van der Waals surface area contributed by atoms with E-state index in [1.807, 2.05) is 0 Å². The molecule has 0 radical (unpaired) electrons. The molecule has 2 amide bonds. The van der Waals surface area contributed by atoms with Gasteiger partial charge in [-0.15, -0.1) is 0 Å². The Morgan fingerprint density at radius 1 is 1.19 bits per heavy atom. The molecule has 10 heteroatoms. The van der Waals surface area contributed by atoms with Crippen LogP contribution in [0.4, 0.5) is 4.79 Å². The van der Waals surface area contributed by atoms with E-state index in [4.69, 9.17) is 15.4 Å². The molecule has 116 valence electrons. The fourth-order valence-corrected chi connectivity index (χ4v) is 1.83. The Bertz CT molecular complexity index is 613. The number of primary sulfonamides is 1. The van der Waals surface area contributed by atoms with Gasteiger partial charge in [0.15, 0.2) is 6.10 Å². The summed E-state index contributed by atoms with van der Waals surface area (Å²) in [5, 5.41) is 26.9. The first-order valence-electron chi connectivity index (χ1n) is 5.74. The summed E-state index contributed by atoms with van der Waals surface area (Å²) >= 11 is 0. The van der Waals surface area contributed by atoms with Gasteiger partial charge in [0.2, 0.25) is 10.0 Å². The van der Waals surface area contributed by atoms with Crippen molar-refractivity contribution in [3.05, 3.63) is 29.8 Å². The number of amides is 2. The van der Waals surface area contributed by atoms with Crippen LogP contribution in [0.15, 0.2) is 29.2 Å². The lowest BCUT2D eigenvalue weighted by molar-refractivity contribution is -0.146. The molecule has 1 rings (SSSR count). The topological polar surface area (TPSA) is 159 Å². The van der Waals surface area contributed by atoms with Crippen molar-refractivity contribution in [1.29, 1.82) is 0 Å². The lowest BCUT2D eigenvalue weighted by Gasteiger charge is -2.09. The van der Waals surface area contributed by atoms with Crippen LogP contribution < -0.4 is 15.8 Å². The average Bonchev–Trinajstić information content (AvgIpc) is 2.41. The number of aliphatic carboxylic acids is 1. The highest BCUT2D eigenvalue weighted by Crippen LogP contribution is 2.08. The first kappa shape index (κ1) is 16.9. The van der Waals surface area contributed by atoms with Crippen LogP contribution in [0.25, 0.3) is 0 Å². The molecule has 0 spiro atoms.